The van der Waals surface area contributed by atoms with Gasteiger partial charge in [-0.15, -0.1) is 0 Å². The molecule has 7 heteroatoms. The Morgan fingerprint density at radius 2 is 2.35 bits per heavy atom. The van der Waals surface area contributed by atoms with Gasteiger partial charge >= 0.3 is 0 Å². The second kappa shape index (κ2) is 5.67. The minimum atomic E-state index is -0.349. The van der Waals surface area contributed by atoms with Gasteiger partial charge in [0.2, 0.25) is 0 Å². The predicted octanol–water partition coefficient (Wildman–Crippen LogP) is 2.24. The van der Waals surface area contributed by atoms with E-state index in [9.17, 15) is 10.1 Å². The molecule has 0 spiro atoms. The fourth-order valence-corrected chi connectivity index (χ4v) is 3.28. The topological polar surface area (TPSA) is 67.6 Å². The summed E-state index contributed by atoms with van der Waals surface area (Å²) in [4.78, 5) is 13.2. The van der Waals surface area contributed by atoms with Gasteiger partial charge in [0.15, 0.2) is 0 Å². The number of benzene rings is 1. The Bertz CT molecular complexity index is 512. The maximum Gasteiger partial charge on any atom is 0.293 e. The van der Waals surface area contributed by atoms with E-state index in [2.05, 4.69) is 26.1 Å². The first-order chi connectivity index (χ1) is 9.63. The van der Waals surface area contributed by atoms with Crippen molar-refractivity contribution in [2.45, 2.75) is 18.5 Å². The highest BCUT2D eigenvalue weighted by Gasteiger charge is 2.34. The summed E-state index contributed by atoms with van der Waals surface area (Å²) < 4.78 is 6.19. The fourth-order valence-electron chi connectivity index (χ4n) is 2.94. The summed E-state index contributed by atoms with van der Waals surface area (Å²) in [6, 6.07) is 5.79. The molecule has 2 saturated heterocycles. The fraction of sp³-hybridized carbons (Fsp3) is 0.538. The normalized spacial score (nSPS) is 26.2. The number of nitro groups is 1. The molecule has 0 radical (unpaired) electrons. The predicted molar refractivity (Wildman–Crippen MR) is 79.0 cm³/mol. The summed E-state index contributed by atoms with van der Waals surface area (Å²) in [5.41, 5.74) is 0.699. The maximum absolute atomic E-state index is 11.1. The van der Waals surface area contributed by atoms with Crippen LogP contribution in [0.1, 0.15) is 6.42 Å². The lowest BCUT2D eigenvalue weighted by Crippen LogP contribution is -2.40. The van der Waals surface area contributed by atoms with Crippen LogP contribution in [0.25, 0.3) is 0 Å². The van der Waals surface area contributed by atoms with Crippen LogP contribution in [0.4, 0.5) is 11.4 Å². The molecule has 0 saturated carbocycles. The van der Waals surface area contributed by atoms with E-state index in [-0.39, 0.29) is 16.7 Å². The number of hydrogen-bond acceptors (Lipinski definition) is 5. The second-order valence-electron chi connectivity index (χ2n) is 5.22. The van der Waals surface area contributed by atoms with Crippen molar-refractivity contribution in [3.63, 3.8) is 0 Å². The molecule has 0 aromatic heterocycles. The Balaban J connectivity index is 1.73. The van der Waals surface area contributed by atoms with Gasteiger partial charge < -0.3 is 10.1 Å². The average Bonchev–Trinajstić information content (AvgIpc) is 2.82. The number of fused-ring (bicyclic) bond motifs is 1. The standard InChI is InChI=1S/C13H16BrN3O3/c14-9-1-2-12(13(5-9)17(18)19)15-10-6-11-8-20-4-3-16(11)7-10/h1-2,5,10-11,15H,3-4,6-8H2/t10-,11+/m0/s1. The summed E-state index contributed by atoms with van der Waals surface area (Å²) in [6.07, 6.45) is 0.965. The molecule has 0 amide bonds. The second-order valence-corrected chi connectivity index (χ2v) is 6.13. The molecular weight excluding hydrogens is 326 g/mol. The molecule has 20 heavy (non-hydrogen) atoms. The molecular formula is C13H16BrN3O3. The first kappa shape index (κ1) is 13.8. The first-order valence-corrected chi connectivity index (χ1v) is 7.45. The van der Waals surface area contributed by atoms with Crippen LogP contribution in [0.5, 0.6) is 0 Å². The van der Waals surface area contributed by atoms with Crippen molar-refractivity contribution in [1.29, 1.82) is 0 Å². The molecule has 0 bridgehead atoms. The number of anilines is 1. The molecule has 1 aromatic rings. The van der Waals surface area contributed by atoms with E-state index < -0.39 is 0 Å². The summed E-state index contributed by atoms with van der Waals surface area (Å²) in [6.45, 7) is 3.41. The van der Waals surface area contributed by atoms with Crippen LogP contribution in [0.15, 0.2) is 22.7 Å². The zero-order valence-electron chi connectivity index (χ0n) is 10.9. The van der Waals surface area contributed by atoms with E-state index in [1.165, 1.54) is 6.07 Å². The number of halogens is 1. The number of nitro benzene ring substituents is 1. The van der Waals surface area contributed by atoms with Crippen LogP contribution in [0.3, 0.4) is 0 Å². The highest BCUT2D eigenvalue weighted by molar-refractivity contribution is 9.10. The Labute approximate surface area is 125 Å². The molecule has 6 nitrogen and oxygen atoms in total. The lowest BCUT2D eigenvalue weighted by molar-refractivity contribution is -0.384. The van der Waals surface area contributed by atoms with E-state index in [1.54, 1.807) is 6.07 Å². The van der Waals surface area contributed by atoms with Gasteiger partial charge in [-0.2, -0.15) is 0 Å². The van der Waals surface area contributed by atoms with E-state index in [1.807, 2.05) is 6.07 Å². The molecule has 3 rings (SSSR count). The third-order valence-electron chi connectivity index (χ3n) is 3.88. The van der Waals surface area contributed by atoms with E-state index in [0.29, 0.717) is 16.2 Å². The molecule has 2 heterocycles. The highest BCUT2D eigenvalue weighted by Crippen LogP contribution is 2.31. The first-order valence-electron chi connectivity index (χ1n) is 6.66. The lowest BCUT2D eigenvalue weighted by Gasteiger charge is -2.28. The van der Waals surface area contributed by atoms with Gasteiger partial charge in [-0.3, -0.25) is 15.0 Å². The van der Waals surface area contributed by atoms with Crippen LogP contribution in [0.2, 0.25) is 0 Å². The van der Waals surface area contributed by atoms with Gasteiger partial charge in [-0.05, 0) is 18.6 Å². The number of rotatable bonds is 3. The van der Waals surface area contributed by atoms with Gasteiger partial charge in [0.25, 0.3) is 5.69 Å². The number of nitrogens with one attached hydrogen (secondary N) is 1. The van der Waals surface area contributed by atoms with Crippen LogP contribution in [-0.4, -0.2) is 48.2 Å². The largest absolute Gasteiger partial charge is 0.378 e. The van der Waals surface area contributed by atoms with Crippen LogP contribution in [0, 0.1) is 10.1 Å². The highest BCUT2D eigenvalue weighted by atomic mass is 79.9. The lowest BCUT2D eigenvalue weighted by atomic mass is 10.1. The minimum Gasteiger partial charge on any atom is -0.378 e. The van der Waals surface area contributed by atoms with Crippen molar-refractivity contribution >= 4 is 27.3 Å². The third-order valence-corrected chi connectivity index (χ3v) is 4.37. The van der Waals surface area contributed by atoms with E-state index in [4.69, 9.17) is 4.74 Å². The molecule has 0 aliphatic carbocycles. The summed E-state index contributed by atoms with van der Waals surface area (Å²) >= 11 is 3.27. The summed E-state index contributed by atoms with van der Waals surface area (Å²) in [5.74, 6) is 0. The minimum absolute atomic E-state index is 0.112. The Morgan fingerprint density at radius 3 is 3.10 bits per heavy atom. The van der Waals surface area contributed by atoms with Crippen LogP contribution in [-0.2, 0) is 4.74 Å². The zero-order chi connectivity index (χ0) is 14.1. The molecule has 108 valence electrons. The van der Waals surface area contributed by atoms with Crippen molar-refractivity contribution < 1.29 is 9.66 Å². The Hall–Kier alpha value is -1.18. The van der Waals surface area contributed by atoms with Crippen molar-refractivity contribution in [1.82, 2.24) is 4.90 Å². The molecule has 2 aliphatic heterocycles. The van der Waals surface area contributed by atoms with Gasteiger partial charge in [-0.1, -0.05) is 15.9 Å². The molecule has 2 atom stereocenters. The smallest absolute Gasteiger partial charge is 0.293 e. The average molecular weight is 342 g/mol. The van der Waals surface area contributed by atoms with Gasteiger partial charge in [0.1, 0.15) is 5.69 Å². The Morgan fingerprint density at radius 1 is 1.50 bits per heavy atom. The van der Waals surface area contributed by atoms with Crippen molar-refractivity contribution in [3.05, 3.63) is 32.8 Å². The van der Waals surface area contributed by atoms with Gasteiger partial charge in [0.05, 0.1) is 18.1 Å². The Kier molecular flexibility index (Phi) is 3.91. The van der Waals surface area contributed by atoms with E-state index in [0.717, 1.165) is 32.7 Å². The van der Waals surface area contributed by atoms with Crippen LogP contribution >= 0.6 is 15.9 Å². The monoisotopic (exact) mass is 341 g/mol. The van der Waals surface area contributed by atoms with Crippen LogP contribution < -0.4 is 5.32 Å². The molecule has 1 aromatic carbocycles. The quantitative estimate of drug-likeness (QED) is 0.674. The molecule has 2 fully saturated rings. The zero-order valence-corrected chi connectivity index (χ0v) is 12.5. The number of ether oxygens (including phenoxy) is 1. The molecule has 2 aliphatic rings. The van der Waals surface area contributed by atoms with Crippen molar-refractivity contribution in [3.8, 4) is 0 Å². The van der Waals surface area contributed by atoms with Crippen molar-refractivity contribution in [2.75, 3.05) is 31.6 Å². The number of morpholine rings is 1. The van der Waals surface area contributed by atoms with Crippen molar-refractivity contribution in [2.24, 2.45) is 0 Å². The number of hydrogen-bond donors (Lipinski definition) is 1. The third kappa shape index (κ3) is 2.79. The molecule has 0 unspecified atom stereocenters. The number of nitrogens with zero attached hydrogens (tertiary/aromatic N) is 2. The summed E-state index contributed by atoms with van der Waals surface area (Å²) in [5, 5.41) is 14.4. The van der Waals surface area contributed by atoms with E-state index >= 15 is 0 Å². The summed E-state index contributed by atoms with van der Waals surface area (Å²) in [7, 11) is 0. The SMILES string of the molecule is O=[N+]([O-])c1cc(Br)ccc1N[C@H]1C[C@@H]2COCCN2C1. The van der Waals surface area contributed by atoms with Gasteiger partial charge in [-0.25, -0.2) is 0 Å². The maximum atomic E-state index is 11.1. The molecule has 1 N–H and O–H groups in total. The van der Waals surface area contributed by atoms with Gasteiger partial charge in [0, 0.05) is 35.7 Å².